The molecule has 1 unspecified atom stereocenters. The second-order valence-electron chi connectivity index (χ2n) is 3.50. The lowest BCUT2D eigenvalue weighted by Crippen LogP contribution is -2.32. The van der Waals surface area contributed by atoms with E-state index in [1.807, 2.05) is 29.6 Å². The van der Waals surface area contributed by atoms with Crippen LogP contribution in [0.25, 0.3) is 0 Å². The molecule has 0 saturated heterocycles. The van der Waals surface area contributed by atoms with Crippen molar-refractivity contribution in [1.29, 1.82) is 0 Å². The summed E-state index contributed by atoms with van der Waals surface area (Å²) in [6.07, 6.45) is 3.72. The fraction of sp³-hybridized carbons (Fsp3) is 0.667. The second kappa shape index (κ2) is 5.38. The van der Waals surface area contributed by atoms with Gasteiger partial charge in [-0.05, 0) is 5.25 Å². The number of rotatable bonds is 5. The van der Waals surface area contributed by atoms with Crippen LogP contribution < -0.4 is 11.3 Å². The van der Waals surface area contributed by atoms with Gasteiger partial charge in [0, 0.05) is 25.2 Å². The van der Waals surface area contributed by atoms with Crippen molar-refractivity contribution in [1.82, 2.24) is 15.0 Å². The number of hydrogen-bond acceptors (Lipinski definition) is 4. The third-order valence-electron chi connectivity index (χ3n) is 1.97. The Balaban J connectivity index is 2.58. The Morgan fingerprint density at radius 3 is 2.79 bits per heavy atom. The van der Waals surface area contributed by atoms with Crippen molar-refractivity contribution in [2.75, 3.05) is 5.75 Å². The van der Waals surface area contributed by atoms with Crippen molar-refractivity contribution >= 4 is 11.8 Å². The fourth-order valence-corrected chi connectivity index (χ4v) is 2.02. The SMILES string of the molecule is CC(C)SCC(NN)c1nccn1C. The van der Waals surface area contributed by atoms with Crippen LogP contribution in [0.3, 0.4) is 0 Å². The summed E-state index contributed by atoms with van der Waals surface area (Å²) in [4.78, 5) is 4.27. The van der Waals surface area contributed by atoms with Gasteiger partial charge in [-0.15, -0.1) is 0 Å². The zero-order chi connectivity index (χ0) is 10.6. The summed E-state index contributed by atoms with van der Waals surface area (Å²) in [5.41, 5.74) is 2.80. The molecule has 1 aromatic heterocycles. The standard InChI is InChI=1S/C9H18N4S/c1-7(2)14-6-8(12-10)9-11-4-5-13(9)3/h4-5,7-8,12H,6,10H2,1-3H3. The number of nitrogens with zero attached hydrogens (tertiary/aromatic N) is 2. The highest BCUT2D eigenvalue weighted by atomic mass is 32.2. The van der Waals surface area contributed by atoms with E-state index >= 15 is 0 Å². The van der Waals surface area contributed by atoms with Gasteiger partial charge in [-0.2, -0.15) is 11.8 Å². The van der Waals surface area contributed by atoms with Gasteiger partial charge >= 0.3 is 0 Å². The van der Waals surface area contributed by atoms with E-state index in [9.17, 15) is 0 Å². The quantitative estimate of drug-likeness (QED) is 0.568. The van der Waals surface area contributed by atoms with Crippen molar-refractivity contribution in [2.24, 2.45) is 12.9 Å². The average Bonchev–Trinajstić information content (AvgIpc) is 2.53. The summed E-state index contributed by atoms with van der Waals surface area (Å²) >= 11 is 1.88. The van der Waals surface area contributed by atoms with Crippen molar-refractivity contribution in [3.63, 3.8) is 0 Å². The zero-order valence-corrected chi connectivity index (χ0v) is 9.71. The lowest BCUT2D eigenvalue weighted by Gasteiger charge is -2.16. The van der Waals surface area contributed by atoms with Crippen LogP contribution >= 0.6 is 11.8 Å². The maximum atomic E-state index is 5.50. The first-order chi connectivity index (χ1) is 6.65. The van der Waals surface area contributed by atoms with Gasteiger partial charge in [-0.3, -0.25) is 5.84 Å². The Bertz CT molecular complexity index is 272. The van der Waals surface area contributed by atoms with Crippen LogP contribution in [0.1, 0.15) is 25.7 Å². The Kier molecular flexibility index (Phi) is 4.44. The van der Waals surface area contributed by atoms with Crippen molar-refractivity contribution in [2.45, 2.75) is 25.1 Å². The number of hydrazine groups is 1. The van der Waals surface area contributed by atoms with Crippen LogP contribution in [0.15, 0.2) is 12.4 Å². The molecule has 1 rings (SSSR count). The van der Waals surface area contributed by atoms with Crippen LogP contribution in [-0.4, -0.2) is 20.6 Å². The Morgan fingerprint density at radius 1 is 1.64 bits per heavy atom. The first kappa shape index (κ1) is 11.6. The largest absolute Gasteiger partial charge is 0.337 e. The predicted molar refractivity (Wildman–Crippen MR) is 60.9 cm³/mol. The minimum Gasteiger partial charge on any atom is -0.337 e. The zero-order valence-electron chi connectivity index (χ0n) is 8.90. The first-order valence-electron chi connectivity index (χ1n) is 4.70. The van der Waals surface area contributed by atoms with E-state index in [4.69, 9.17) is 5.84 Å². The summed E-state index contributed by atoms with van der Waals surface area (Å²) in [5, 5.41) is 0.617. The lowest BCUT2D eigenvalue weighted by molar-refractivity contribution is 0.556. The first-order valence-corrected chi connectivity index (χ1v) is 5.75. The van der Waals surface area contributed by atoms with Crippen LogP contribution in [-0.2, 0) is 7.05 Å². The number of aryl methyl sites for hydroxylation is 1. The summed E-state index contributed by atoms with van der Waals surface area (Å²) in [6, 6.07) is 0.127. The number of thioether (sulfide) groups is 1. The monoisotopic (exact) mass is 214 g/mol. The van der Waals surface area contributed by atoms with Crippen molar-refractivity contribution in [3.8, 4) is 0 Å². The topological polar surface area (TPSA) is 55.9 Å². The van der Waals surface area contributed by atoms with E-state index in [1.54, 1.807) is 6.20 Å². The smallest absolute Gasteiger partial charge is 0.127 e. The third kappa shape index (κ3) is 3.01. The molecule has 5 heteroatoms. The fourth-order valence-electron chi connectivity index (χ4n) is 1.20. The van der Waals surface area contributed by atoms with Gasteiger partial charge in [0.2, 0.25) is 0 Å². The molecular weight excluding hydrogens is 196 g/mol. The van der Waals surface area contributed by atoms with E-state index in [1.165, 1.54) is 0 Å². The maximum Gasteiger partial charge on any atom is 0.127 e. The summed E-state index contributed by atoms with van der Waals surface area (Å²) < 4.78 is 1.99. The predicted octanol–water partition coefficient (Wildman–Crippen LogP) is 1.07. The molecule has 80 valence electrons. The minimum atomic E-state index is 0.127. The highest BCUT2D eigenvalue weighted by molar-refractivity contribution is 7.99. The van der Waals surface area contributed by atoms with Crippen LogP contribution in [0.4, 0.5) is 0 Å². The molecule has 4 nitrogen and oxygen atoms in total. The van der Waals surface area contributed by atoms with E-state index < -0.39 is 0 Å². The number of aromatic nitrogens is 2. The van der Waals surface area contributed by atoms with Gasteiger partial charge in [0.05, 0.1) is 6.04 Å². The summed E-state index contributed by atoms with van der Waals surface area (Å²) in [7, 11) is 1.98. The summed E-state index contributed by atoms with van der Waals surface area (Å²) in [6.45, 7) is 4.35. The molecule has 0 aliphatic rings. The van der Waals surface area contributed by atoms with E-state index in [0.717, 1.165) is 11.6 Å². The average molecular weight is 214 g/mol. The van der Waals surface area contributed by atoms with Crippen LogP contribution in [0.2, 0.25) is 0 Å². The second-order valence-corrected chi connectivity index (χ2v) is 5.11. The molecule has 1 heterocycles. The molecule has 1 aromatic rings. The van der Waals surface area contributed by atoms with Gasteiger partial charge in [0.1, 0.15) is 5.82 Å². The Morgan fingerprint density at radius 2 is 2.36 bits per heavy atom. The number of imidazole rings is 1. The molecule has 0 spiro atoms. The summed E-state index contributed by atoms with van der Waals surface area (Å²) in [5.74, 6) is 7.43. The molecule has 0 aliphatic carbocycles. The number of nitrogens with one attached hydrogen (secondary N) is 1. The maximum absolute atomic E-state index is 5.50. The third-order valence-corrected chi connectivity index (χ3v) is 3.16. The molecule has 0 saturated carbocycles. The highest BCUT2D eigenvalue weighted by Gasteiger charge is 2.14. The van der Waals surface area contributed by atoms with E-state index in [2.05, 4.69) is 24.3 Å². The van der Waals surface area contributed by atoms with Gasteiger partial charge in [0.25, 0.3) is 0 Å². The molecule has 0 aliphatic heterocycles. The van der Waals surface area contributed by atoms with Gasteiger partial charge in [-0.25, -0.2) is 10.4 Å². The molecule has 14 heavy (non-hydrogen) atoms. The van der Waals surface area contributed by atoms with Gasteiger partial charge in [-0.1, -0.05) is 13.8 Å². The van der Waals surface area contributed by atoms with E-state index in [0.29, 0.717) is 5.25 Å². The molecule has 3 N–H and O–H groups in total. The minimum absolute atomic E-state index is 0.127. The highest BCUT2D eigenvalue weighted by Crippen LogP contribution is 2.18. The molecule has 0 fully saturated rings. The normalized spacial score (nSPS) is 13.5. The van der Waals surface area contributed by atoms with Crippen molar-refractivity contribution in [3.05, 3.63) is 18.2 Å². The van der Waals surface area contributed by atoms with Crippen LogP contribution in [0, 0.1) is 0 Å². The number of nitrogens with two attached hydrogens (primary N) is 1. The molecular formula is C9H18N4S. The lowest BCUT2D eigenvalue weighted by atomic mass is 10.3. The Hall–Kier alpha value is -0.520. The molecule has 0 aromatic carbocycles. The van der Waals surface area contributed by atoms with E-state index in [-0.39, 0.29) is 6.04 Å². The molecule has 0 amide bonds. The molecule has 1 atom stereocenters. The van der Waals surface area contributed by atoms with Crippen molar-refractivity contribution < 1.29 is 0 Å². The van der Waals surface area contributed by atoms with Crippen LogP contribution in [0.5, 0.6) is 0 Å². The molecule has 0 radical (unpaired) electrons. The number of hydrogen-bond donors (Lipinski definition) is 2. The van der Waals surface area contributed by atoms with Gasteiger partial charge in [0.15, 0.2) is 0 Å². The van der Waals surface area contributed by atoms with Gasteiger partial charge < -0.3 is 4.57 Å². The Labute approximate surface area is 89.2 Å². The molecule has 0 bridgehead atoms.